The normalized spacial score (nSPS) is 47.0. The van der Waals surface area contributed by atoms with Crippen LogP contribution in [0, 0.1) is 58.2 Å². The van der Waals surface area contributed by atoms with Crippen molar-refractivity contribution in [1.29, 1.82) is 0 Å². The van der Waals surface area contributed by atoms with E-state index >= 15 is 0 Å². The number of aliphatic carboxylic acids is 1. The fourth-order valence-electron chi connectivity index (χ4n) is 9.47. The number of hydrogen-bond acceptors (Lipinski definition) is 3. The van der Waals surface area contributed by atoms with Crippen molar-refractivity contribution in [3.8, 4) is 0 Å². The third-order valence-electron chi connectivity index (χ3n) is 11.0. The minimum absolute atomic E-state index is 0.0991. The first-order valence-electron chi connectivity index (χ1n) is 13.4. The number of carbonyl (C=O) groups excluding carboxylic acids is 1. The first-order valence-corrected chi connectivity index (χ1v) is 13.4. The predicted octanol–water partition coefficient (Wildman–Crippen LogP) is 5.96. The van der Waals surface area contributed by atoms with E-state index in [1.54, 1.807) is 0 Å². The number of ketones is 1. The molecule has 0 aromatic carbocycles. The molecule has 4 heteroatoms. The zero-order valence-corrected chi connectivity index (χ0v) is 21.0. The molecule has 10 atom stereocenters. The van der Waals surface area contributed by atoms with E-state index in [-0.39, 0.29) is 35.2 Å². The van der Waals surface area contributed by atoms with Crippen LogP contribution in [0.2, 0.25) is 0 Å². The maximum Gasteiger partial charge on any atom is 0.303 e. The van der Waals surface area contributed by atoms with Gasteiger partial charge in [0.15, 0.2) is 0 Å². The highest BCUT2D eigenvalue weighted by atomic mass is 16.4. The van der Waals surface area contributed by atoms with Gasteiger partial charge in [-0.2, -0.15) is 0 Å². The van der Waals surface area contributed by atoms with Crippen LogP contribution in [0.1, 0.15) is 98.8 Å². The number of aliphatic hydroxyl groups is 1. The van der Waals surface area contributed by atoms with Crippen LogP contribution in [-0.2, 0) is 9.59 Å². The van der Waals surface area contributed by atoms with Gasteiger partial charge in [0.25, 0.3) is 0 Å². The van der Waals surface area contributed by atoms with Gasteiger partial charge in [0.2, 0.25) is 0 Å². The average Bonchev–Trinajstić information content (AvgIpc) is 3.07. The van der Waals surface area contributed by atoms with Crippen molar-refractivity contribution < 1.29 is 19.8 Å². The molecule has 0 bridgehead atoms. The number of carboxylic acids is 1. The standard InChI is InChI=1S/C28H46O4/c1-16(2)14-19-23-15-18(29)10-12-28(23,5)22-11-13-27(4)20(17(3)6-9-24(30)31)7-8-21(27)25(22)26(19)32/h16-23,25,29H,6-15H2,1-5H3,(H,30,31)/t17-,18-,19+,20-,21+,22+,23+,25+,27-,28-/m1/s1. The fourth-order valence-corrected chi connectivity index (χ4v) is 9.47. The molecule has 4 aliphatic rings. The van der Waals surface area contributed by atoms with Gasteiger partial charge in [0.05, 0.1) is 6.10 Å². The molecule has 0 spiro atoms. The summed E-state index contributed by atoms with van der Waals surface area (Å²) in [4.78, 5) is 25.4. The fraction of sp³-hybridized carbons (Fsp3) is 0.929. The van der Waals surface area contributed by atoms with Gasteiger partial charge in [-0.15, -0.1) is 0 Å². The zero-order chi connectivity index (χ0) is 23.4. The van der Waals surface area contributed by atoms with Crippen LogP contribution in [0.5, 0.6) is 0 Å². The topological polar surface area (TPSA) is 74.6 Å². The molecule has 4 aliphatic carbocycles. The molecule has 0 radical (unpaired) electrons. The number of carboxylic acid groups (broad SMARTS) is 1. The lowest BCUT2D eigenvalue weighted by Gasteiger charge is -2.62. The third kappa shape index (κ3) is 3.87. The summed E-state index contributed by atoms with van der Waals surface area (Å²) in [5, 5.41) is 19.7. The van der Waals surface area contributed by atoms with E-state index in [1.165, 1.54) is 6.42 Å². The monoisotopic (exact) mass is 446 g/mol. The van der Waals surface area contributed by atoms with E-state index < -0.39 is 5.97 Å². The summed E-state index contributed by atoms with van der Waals surface area (Å²) in [7, 11) is 0. The lowest BCUT2D eigenvalue weighted by Crippen LogP contribution is -2.61. The maximum atomic E-state index is 14.2. The Hall–Kier alpha value is -0.900. The van der Waals surface area contributed by atoms with Gasteiger partial charge in [-0.05, 0) is 104 Å². The van der Waals surface area contributed by atoms with Gasteiger partial charge in [-0.25, -0.2) is 0 Å². The van der Waals surface area contributed by atoms with Crippen LogP contribution in [-0.4, -0.2) is 28.1 Å². The summed E-state index contributed by atoms with van der Waals surface area (Å²) in [5.74, 6) is 2.76. The van der Waals surface area contributed by atoms with Gasteiger partial charge >= 0.3 is 5.97 Å². The summed E-state index contributed by atoms with van der Waals surface area (Å²) in [6.07, 6.45) is 9.04. The minimum atomic E-state index is -0.697. The Morgan fingerprint density at radius 2 is 1.66 bits per heavy atom. The van der Waals surface area contributed by atoms with Crippen molar-refractivity contribution in [2.75, 3.05) is 0 Å². The van der Waals surface area contributed by atoms with Crippen molar-refractivity contribution in [2.24, 2.45) is 58.2 Å². The second kappa shape index (κ2) is 8.71. The van der Waals surface area contributed by atoms with Crippen LogP contribution in [0.15, 0.2) is 0 Å². The molecule has 182 valence electrons. The lowest BCUT2D eigenvalue weighted by atomic mass is 9.41. The third-order valence-corrected chi connectivity index (χ3v) is 11.0. The van der Waals surface area contributed by atoms with E-state index in [4.69, 9.17) is 0 Å². The van der Waals surface area contributed by atoms with Crippen LogP contribution in [0.3, 0.4) is 0 Å². The first-order chi connectivity index (χ1) is 15.0. The Balaban J connectivity index is 1.64. The van der Waals surface area contributed by atoms with Gasteiger partial charge in [-0.3, -0.25) is 9.59 Å². The molecule has 0 heterocycles. The summed E-state index contributed by atoms with van der Waals surface area (Å²) < 4.78 is 0. The predicted molar refractivity (Wildman–Crippen MR) is 126 cm³/mol. The van der Waals surface area contributed by atoms with E-state index in [0.717, 1.165) is 51.4 Å². The Labute approximate surface area is 194 Å². The summed E-state index contributed by atoms with van der Waals surface area (Å²) >= 11 is 0. The Bertz CT molecular complexity index is 731. The highest BCUT2D eigenvalue weighted by Gasteiger charge is 2.65. The van der Waals surface area contributed by atoms with E-state index in [9.17, 15) is 19.8 Å². The SMILES string of the molecule is CC(C)C[C@@H]1C(=O)[C@@H]2[C@H](CC[C@]3(C)[C@@H]([C@H](C)CCC(=O)O)CC[C@@H]23)[C@@]2(C)CC[C@@H](O)C[C@@H]12. The molecule has 4 fully saturated rings. The zero-order valence-electron chi connectivity index (χ0n) is 21.0. The van der Waals surface area contributed by atoms with Crippen molar-refractivity contribution in [1.82, 2.24) is 0 Å². The van der Waals surface area contributed by atoms with Crippen molar-refractivity contribution in [3.05, 3.63) is 0 Å². The van der Waals surface area contributed by atoms with E-state index in [1.807, 2.05) is 0 Å². The minimum Gasteiger partial charge on any atom is -0.481 e. The Kier molecular flexibility index (Phi) is 6.59. The molecule has 0 aromatic heterocycles. The van der Waals surface area contributed by atoms with Gasteiger partial charge in [0, 0.05) is 18.3 Å². The molecule has 0 aromatic rings. The van der Waals surface area contributed by atoms with Crippen molar-refractivity contribution in [2.45, 2.75) is 105 Å². The Morgan fingerprint density at radius 3 is 2.31 bits per heavy atom. The lowest BCUT2D eigenvalue weighted by molar-refractivity contribution is -0.174. The molecule has 0 amide bonds. The van der Waals surface area contributed by atoms with Crippen LogP contribution < -0.4 is 0 Å². The number of hydrogen-bond donors (Lipinski definition) is 2. The second-order valence-electron chi connectivity index (χ2n) is 13.1. The van der Waals surface area contributed by atoms with Gasteiger partial charge in [-0.1, -0.05) is 34.6 Å². The molecule has 4 saturated carbocycles. The van der Waals surface area contributed by atoms with E-state index in [2.05, 4.69) is 34.6 Å². The number of fused-ring (bicyclic) bond motifs is 5. The molecular weight excluding hydrogens is 400 g/mol. The highest BCUT2D eigenvalue weighted by Crippen LogP contribution is 2.68. The van der Waals surface area contributed by atoms with Gasteiger partial charge < -0.3 is 10.2 Å². The number of aliphatic hydroxyl groups excluding tert-OH is 1. The molecule has 2 N–H and O–H groups in total. The molecule has 4 rings (SSSR count). The summed E-state index contributed by atoms with van der Waals surface area (Å²) in [6, 6.07) is 0. The Morgan fingerprint density at radius 1 is 1.00 bits per heavy atom. The summed E-state index contributed by atoms with van der Waals surface area (Å²) in [6.45, 7) is 11.6. The molecular formula is C28H46O4. The van der Waals surface area contributed by atoms with Crippen molar-refractivity contribution in [3.63, 3.8) is 0 Å². The largest absolute Gasteiger partial charge is 0.481 e. The number of Topliss-reactive ketones (excluding diaryl/α,β-unsaturated/α-hetero) is 1. The van der Waals surface area contributed by atoms with Crippen LogP contribution in [0.25, 0.3) is 0 Å². The highest BCUT2D eigenvalue weighted by molar-refractivity contribution is 5.86. The van der Waals surface area contributed by atoms with Gasteiger partial charge in [0.1, 0.15) is 5.78 Å². The molecule has 0 unspecified atom stereocenters. The van der Waals surface area contributed by atoms with E-state index in [0.29, 0.717) is 41.3 Å². The second-order valence-corrected chi connectivity index (χ2v) is 13.1. The van der Waals surface area contributed by atoms with Crippen LogP contribution in [0.4, 0.5) is 0 Å². The number of carbonyl (C=O) groups is 2. The maximum absolute atomic E-state index is 14.2. The quantitative estimate of drug-likeness (QED) is 0.528. The van der Waals surface area contributed by atoms with Crippen LogP contribution >= 0.6 is 0 Å². The molecule has 0 aliphatic heterocycles. The average molecular weight is 447 g/mol. The molecule has 32 heavy (non-hydrogen) atoms. The molecule has 0 saturated heterocycles. The van der Waals surface area contributed by atoms with Crippen molar-refractivity contribution >= 4 is 11.8 Å². The summed E-state index contributed by atoms with van der Waals surface area (Å²) in [5.41, 5.74) is 0.334. The smallest absolute Gasteiger partial charge is 0.303 e. The number of rotatable bonds is 6. The first kappa shape index (κ1) is 24.2. The molecule has 4 nitrogen and oxygen atoms in total.